The molecule has 3 aromatic rings. The van der Waals surface area contributed by atoms with Gasteiger partial charge in [-0.05, 0) is 45.3 Å². The number of halogens is 1. The van der Waals surface area contributed by atoms with Crippen LogP contribution in [0.2, 0.25) is 5.02 Å². The van der Waals surface area contributed by atoms with Crippen LogP contribution in [0.3, 0.4) is 0 Å². The quantitative estimate of drug-likeness (QED) is 0.195. The van der Waals surface area contributed by atoms with Gasteiger partial charge in [-0.3, -0.25) is 9.52 Å². The molecule has 0 aliphatic rings. The highest BCUT2D eigenvalue weighted by Crippen LogP contribution is 2.38. The zero-order chi connectivity index (χ0) is 30.2. The Bertz CT molecular complexity index is 1500. The van der Waals surface area contributed by atoms with Gasteiger partial charge in [-0.1, -0.05) is 30.3 Å². The number of sulfonamides is 1. The number of para-hydroxylation sites is 2. The second-order valence-corrected chi connectivity index (χ2v) is 11.6. The number of methoxy groups -OCH3 is 1. The van der Waals surface area contributed by atoms with Gasteiger partial charge in [0.05, 0.1) is 47.5 Å². The van der Waals surface area contributed by atoms with E-state index in [1.807, 2.05) is 32.1 Å². The van der Waals surface area contributed by atoms with Crippen LogP contribution in [0.4, 0.5) is 40.2 Å². The lowest BCUT2D eigenvalue weighted by Gasteiger charge is -2.26. The van der Waals surface area contributed by atoms with Crippen molar-refractivity contribution >= 4 is 67.7 Å². The fourth-order valence-corrected chi connectivity index (χ4v) is 4.39. The van der Waals surface area contributed by atoms with Crippen LogP contribution < -0.4 is 30.3 Å². The Hall–Kier alpha value is -4.07. The Balaban J connectivity index is 1.96. The SMILES string of the molecule is C=CC(=O)Nc1cc(Nc2ncc(Cl)c(Nc3ccccc3NS(=O)(=O)CC)n2)c(OC)cc1N(C)CCN(C)C. The van der Waals surface area contributed by atoms with Gasteiger partial charge < -0.3 is 30.5 Å². The van der Waals surface area contributed by atoms with Gasteiger partial charge in [0.1, 0.15) is 10.8 Å². The van der Waals surface area contributed by atoms with E-state index in [-0.39, 0.29) is 28.4 Å². The average Bonchev–Trinajstić information content (AvgIpc) is 2.94. The highest BCUT2D eigenvalue weighted by atomic mass is 35.5. The molecule has 41 heavy (non-hydrogen) atoms. The van der Waals surface area contributed by atoms with Crippen molar-refractivity contribution in [2.24, 2.45) is 0 Å². The molecular weight excluding hydrogens is 568 g/mol. The summed E-state index contributed by atoms with van der Waals surface area (Å²) in [4.78, 5) is 25.1. The summed E-state index contributed by atoms with van der Waals surface area (Å²) in [6.07, 6.45) is 2.61. The molecule has 4 N–H and O–H groups in total. The van der Waals surface area contributed by atoms with E-state index < -0.39 is 10.0 Å². The first-order valence-corrected chi connectivity index (χ1v) is 14.7. The smallest absolute Gasteiger partial charge is 0.247 e. The molecule has 0 aliphatic carbocycles. The van der Waals surface area contributed by atoms with Crippen LogP contribution in [0.5, 0.6) is 5.75 Å². The molecule has 0 saturated heterocycles. The second-order valence-electron chi connectivity index (χ2n) is 9.18. The van der Waals surface area contributed by atoms with Gasteiger partial charge >= 0.3 is 0 Å². The number of hydrogen-bond acceptors (Lipinski definition) is 10. The van der Waals surface area contributed by atoms with Crippen molar-refractivity contribution in [2.75, 3.05) is 72.7 Å². The number of benzene rings is 2. The van der Waals surface area contributed by atoms with E-state index >= 15 is 0 Å². The molecule has 0 saturated carbocycles. The van der Waals surface area contributed by atoms with Crippen molar-refractivity contribution in [3.8, 4) is 5.75 Å². The molecule has 0 radical (unpaired) electrons. The van der Waals surface area contributed by atoms with Crippen molar-refractivity contribution in [1.29, 1.82) is 0 Å². The molecule has 14 heteroatoms. The molecule has 0 fully saturated rings. The summed E-state index contributed by atoms with van der Waals surface area (Å²) in [6, 6.07) is 10.3. The Morgan fingerprint density at radius 1 is 1.07 bits per heavy atom. The summed E-state index contributed by atoms with van der Waals surface area (Å²) in [5, 5.41) is 9.27. The van der Waals surface area contributed by atoms with Crippen molar-refractivity contribution < 1.29 is 17.9 Å². The van der Waals surface area contributed by atoms with E-state index in [9.17, 15) is 13.2 Å². The second kappa shape index (κ2) is 14.0. The maximum Gasteiger partial charge on any atom is 0.247 e. The van der Waals surface area contributed by atoms with Crippen LogP contribution >= 0.6 is 11.6 Å². The summed E-state index contributed by atoms with van der Waals surface area (Å²) < 4.78 is 32.5. The fourth-order valence-electron chi connectivity index (χ4n) is 3.59. The average molecular weight is 603 g/mol. The minimum absolute atomic E-state index is 0.0784. The molecule has 3 rings (SSSR count). The van der Waals surface area contributed by atoms with E-state index in [1.54, 1.807) is 37.3 Å². The molecule has 1 heterocycles. The van der Waals surface area contributed by atoms with Gasteiger partial charge in [-0.15, -0.1) is 0 Å². The number of ether oxygens (including phenoxy) is 1. The van der Waals surface area contributed by atoms with Crippen molar-refractivity contribution in [1.82, 2.24) is 14.9 Å². The summed E-state index contributed by atoms with van der Waals surface area (Å²) in [7, 11) is 3.92. The number of nitrogens with zero attached hydrogens (tertiary/aromatic N) is 4. The molecule has 0 spiro atoms. The van der Waals surface area contributed by atoms with Crippen LogP contribution in [-0.2, 0) is 14.8 Å². The lowest BCUT2D eigenvalue weighted by Crippen LogP contribution is -2.29. The van der Waals surface area contributed by atoms with Crippen molar-refractivity contribution in [2.45, 2.75) is 6.92 Å². The third kappa shape index (κ3) is 8.71. The summed E-state index contributed by atoms with van der Waals surface area (Å²) in [5.41, 5.74) is 2.56. The van der Waals surface area contributed by atoms with Gasteiger partial charge in [0.2, 0.25) is 21.9 Å². The maximum absolute atomic E-state index is 12.2. The van der Waals surface area contributed by atoms with Crippen LogP contribution in [0.15, 0.2) is 55.3 Å². The Morgan fingerprint density at radius 3 is 2.41 bits per heavy atom. The molecular formula is C27H35ClN8O4S. The van der Waals surface area contributed by atoms with Crippen LogP contribution in [-0.4, -0.2) is 76.3 Å². The first-order chi connectivity index (χ1) is 19.5. The first kappa shape index (κ1) is 31.5. The highest BCUT2D eigenvalue weighted by Gasteiger charge is 2.18. The minimum Gasteiger partial charge on any atom is -0.494 e. The number of anilines is 7. The molecule has 2 aromatic carbocycles. The molecule has 1 aromatic heterocycles. The van der Waals surface area contributed by atoms with Crippen molar-refractivity contribution in [3.05, 3.63) is 60.3 Å². The van der Waals surface area contributed by atoms with Crippen LogP contribution in [0.25, 0.3) is 0 Å². The number of carbonyl (C=O) groups excluding carboxylic acids is 1. The van der Waals surface area contributed by atoms with Gasteiger partial charge in [-0.2, -0.15) is 4.98 Å². The lowest BCUT2D eigenvalue weighted by molar-refractivity contribution is -0.111. The number of amides is 1. The number of aromatic nitrogens is 2. The van der Waals surface area contributed by atoms with Gasteiger partial charge in [0, 0.05) is 26.2 Å². The van der Waals surface area contributed by atoms with E-state index in [1.165, 1.54) is 19.4 Å². The zero-order valence-corrected chi connectivity index (χ0v) is 25.2. The predicted molar refractivity (Wildman–Crippen MR) is 167 cm³/mol. The Labute approximate surface area is 245 Å². The molecule has 1 amide bonds. The molecule has 0 bridgehead atoms. The van der Waals surface area contributed by atoms with E-state index in [4.69, 9.17) is 16.3 Å². The van der Waals surface area contributed by atoms with E-state index in [0.29, 0.717) is 35.0 Å². The van der Waals surface area contributed by atoms with E-state index in [0.717, 1.165) is 12.2 Å². The Kier molecular flexibility index (Phi) is 10.8. The highest BCUT2D eigenvalue weighted by molar-refractivity contribution is 7.92. The van der Waals surface area contributed by atoms with E-state index in [2.05, 4.69) is 42.1 Å². The molecule has 220 valence electrons. The number of likely N-dealkylation sites (N-methyl/N-ethyl adjacent to an activating group) is 2. The maximum atomic E-state index is 12.2. The topological polar surface area (TPSA) is 141 Å². The van der Waals surface area contributed by atoms with Crippen molar-refractivity contribution in [3.63, 3.8) is 0 Å². The van der Waals surface area contributed by atoms with Gasteiger partial charge in [0.25, 0.3) is 0 Å². The fraction of sp³-hybridized carbons (Fsp3) is 0.296. The van der Waals surface area contributed by atoms with Gasteiger partial charge in [0.15, 0.2) is 5.82 Å². The lowest BCUT2D eigenvalue weighted by atomic mass is 10.2. The number of hydrogen-bond donors (Lipinski definition) is 4. The first-order valence-electron chi connectivity index (χ1n) is 12.6. The summed E-state index contributed by atoms with van der Waals surface area (Å²) >= 11 is 6.38. The molecule has 0 aliphatic heterocycles. The molecule has 12 nitrogen and oxygen atoms in total. The van der Waals surface area contributed by atoms with Gasteiger partial charge in [-0.25, -0.2) is 13.4 Å². The number of nitrogens with one attached hydrogen (secondary N) is 4. The largest absolute Gasteiger partial charge is 0.494 e. The van der Waals surface area contributed by atoms with Crippen LogP contribution in [0.1, 0.15) is 6.92 Å². The molecule has 0 atom stereocenters. The summed E-state index contributed by atoms with van der Waals surface area (Å²) in [6.45, 7) is 6.59. The number of carbonyl (C=O) groups is 1. The standard InChI is InChI=1S/C27H35ClN8O4S/c1-7-25(37)30-21-15-22(24(40-6)16-23(21)36(5)14-13-35(3)4)32-27-29-17-18(28)26(33-27)31-19-11-9-10-12-20(19)34-41(38,39)8-2/h7,9-12,15-17,34H,1,8,13-14H2,2-6H3,(H,30,37)(H2,29,31,32,33). The minimum atomic E-state index is -3.51. The number of rotatable bonds is 14. The zero-order valence-electron chi connectivity index (χ0n) is 23.7. The molecule has 0 unspecified atom stereocenters. The predicted octanol–water partition coefficient (Wildman–Crippen LogP) is 4.51. The third-order valence-corrected chi connectivity index (χ3v) is 7.44. The third-order valence-electron chi connectivity index (χ3n) is 5.87. The Morgan fingerprint density at radius 2 is 1.78 bits per heavy atom. The summed E-state index contributed by atoms with van der Waals surface area (Å²) in [5.74, 6) is 0.462. The van der Waals surface area contributed by atoms with Crippen LogP contribution in [0, 0.1) is 0 Å². The normalized spacial score (nSPS) is 11.1. The monoisotopic (exact) mass is 602 g/mol.